The van der Waals surface area contributed by atoms with Gasteiger partial charge in [-0.1, -0.05) is 13.0 Å². The van der Waals surface area contributed by atoms with Gasteiger partial charge >= 0.3 is 6.09 Å². The molecule has 0 saturated carbocycles. The maximum absolute atomic E-state index is 12.0. The lowest BCUT2D eigenvalue weighted by Gasteiger charge is -2.23. The second-order valence-corrected chi connectivity index (χ2v) is 5.64. The zero-order valence-corrected chi connectivity index (χ0v) is 11.5. The van der Waals surface area contributed by atoms with Crippen LogP contribution in [0.15, 0.2) is 12.3 Å². The monoisotopic (exact) mass is 248 g/mol. The molecule has 4 nitrogen and oxygen atoms in total. The van der Waals surface area contributed by atoms with Gasteiger partial charge in [-0.2, -0.15) is 0 Å². The minimum absolute atomic E-state index is 0.265. The van der Waals surface area contributed by atoms with E-state index in [9.17, 15) is 4.79 Å². The minimum atomic E-state index is -0.451. The molecule has 0 bridgehead atoms. The molecule has 0 aromatic carbocycles. The lowest BCUT2D eigenvalue weighted by molar-refractivity contribution is 0.0240. The number of aromatic nitrogens is 1. The Morgan fingerprint density at radius 1 is 1.44 bits per heavy atom. The van der Waals surface area contributed by atoms with Crippen LogP contribution in [0.25, 0.3) is 0 Å². The number of fused-ring (bicyclic) bond motifs is 1. The van der Waals surface area contributed by atoms with Gasteiger partial charge in [0.25, 0.3) is 0 Å². The van der Waals surface area contributed by atoms with Crippen LogP contribution in [0.1, 0.15) is 44.5 Å². The molecule has 1 amide bonds. The number of hydrogen-bond acceptors (Lipinski definition) is 3. The summed E-state index contributed by atoms with van der Waals surface area (Å²) in [4.78, 5) is 18.1. The Balaban J connectivity index is 2.08. The Labute approximate surface area is 108 Å². The third kappa shape index (κ3) is 2.81. The number of rotatable bonds is 1. The van der Waals surface area contributed by atoms with Crippen LogP contribution in [0.3, 0.4) is 0 Å². The Morgan fingerprint density at radius 3 is 2.78 bits per heavy atom. The molecule has 1 aromatic heterocycles. The third-order valence-electron chi connectivity index (χ3n) is 2.88. The maximum Gasteiger partial charge on any atom is 0.410 e. The molecule has 0 N–H and O–H groups in total. The van der Waals surface area contributed by atoms with E-state index in [0.717, 1.165) is 17.7 Å². The van der Waals surface area contributed by atoms with Crippen molar-refractivity contribution >= 4 is 6.09 Å². The van der Waals surface area contributed by atoms with Gasteiger partial charge in [-0.05, 0) is 38.3 Å². The number of ether oxygens (including phenoxy) is 1. The fourth-order valence-corrected chi connectivity index (χ4v) is 1.96. The quantitative estimate of drug-likeness (QED) is 0.767. The Hall–Kier alpha value is -1.58. The smallest absolute Gasteiger partial charge is 0.410 e. The first-order chi connectivity index (χ1) is 8.39. The molecule has 98 valence electrons. The van der Waals surface area contributed by atoms with E-state index in [1.54, 1.807) is 4.90 Å². The summed E-state index contributed by atoms with van der Waals surface area (Å²) in [7, 11) is 0. The van der Waals surface area contributed by atoms with E-state index in [4.69, 9.17) is 4.74 Å². The largest absolute Gasteiger partial charge is 0.444 e. The Kier molecular flexibility index (Phi) is 3.28. The fourth-order valence-electron chi connectivity index (χ4n) is 1.96. The molecule has 0 spiro atoms. The summed E-state index contributed by atoms with van der Waals surface area (Å²) in [5, 5.41) is 0. The van der Waals surface area contributed by atoms with Crippen LogP contribution >= 0.6 is 0 Å². The predicted molar refractivity (Wildman–Crippen MR) is 69.1 cm³/mol. The van der Waals surface area contributed by atoms with Crippen molar-refractivity contribution in [2.24, 2.45) is 0 Å². The van der Waals surface area contributed by atoms with Crippen molar-refractivity contribution in [1.82, 2.24) is 9.88 Å². The van der Waals surface area contributed by atoms with Crippen LogP contribution in [0.4, 0.5) is 4.79 Å². The molecule has 18 heavy (non-hydrogen) atoms. The van der Waals surface area contributed by atoms with E-state index in [1.165, 1.54) is 5.56 Å². The number of hydrogen-bond donors (Lipinski definition) is 0. The zero-order valence-electron chi connectivity index (χ0n) is 11.5. The number of carbonyl (C=O) groups excluding carboxylic acids is 1. The minimum Gasteiger partial charge on any atom is -0.444 e. The highest BCUT2D eigenvalue weighted by Crippen LogP contribution is 2.23. The summed E-state index contributed by atoms with van der Waals surface area (Å²) >= 11 is 0. The van der Waals surface area contributed by atoms with Crippen LogP contribution in [0, 0.1) is 0 Å². The van der Waals surface area contributed by atoms with Crippen molar-refractivity contribution in [1.29, 1.82) is 0 Å². The van der Waals surface area contributed by atoms with Crippen molar-refractivity contribution in [3.05, 3.63) is 29.1 Å². The molecule has 0 saturated heterocycles. The molecule has 2 heterocycles. The molecular weight excluding hydrogens is 228 g/mol. The molecule has 0 aliphatic carbocycles. The van der Waals surface area contributed by atoms with Crippen LogP contribution in [-0.4, -0.2) is 21.6 Å². The van der Waals surface area contributed by atoms with Crippen LogP contribution in [0.2, 0.25) is 0 Å². The SMILES string of the molecule is CCc1cnc2c(c1)CN(C(=O)OC(C)(C)C)C2. The van der Waals surface area contributed by atoms with E-state index in [1.807, 2.05) is 27.0 Å². The Bertz CT molecular complexity index is 463. The Morgan fingerprint density at radius 2 is 2.17 bits per heavy atom. The number of aryl methyl sites for hydroxylation is 1. The van der Waals surface area contributed by atoms with Crippen LogP contribution in [0.5, 0.6) is 0 Å². The van der Waals surface area contributed by atoms with Gasteiger partial charge in [-0.15, -0.1) is 0 Å². The number of carbonyl (C=O) groups is 1. The van der Waals surface area contributed by atoms with Gasteiger partial charge in [-0.3, -0.25) is 9.88 Å². The number of amides is 1. The van der Waals surface area contributed by atoms with Crippen molar-refractivity contribution < 1.29 is 9.53 Å². The fraction of sp³-hybridized carbons (Fsp3) is 0.571. The lowest BCUT2D eigenvalue weighted by atomic mass is 10.1. The molecule has 4 heteroatoms. The number of pyridine rings is 1. The van der Waals surface area contributed by atoms with Crippen LogP contribution in [-0.2, 0) is 24.2 Å². The van der Waals surface area contributed by atoms with E-state index in [2.05, 4.69) is 18.0 Å². The molecule has 1 aromatic rings. The van der Waals surface area contributed by atoms with Crippen molar-refractivity contribution in [3.63, 3.8) is 0 Å². The molecular formula is C14H20N2O2. The van der Waals surface area contributed by atoms with Crippen molar-refractivity contribution in [3.8, 4) is 0 Å². The predicted octanol–water partition coefficient (Wildman–Crippen LogP) is 2.89. The summed E-state index contributed by atoms with van der Waals surface area (Å²) < 4.78 is 5.37. The average molecular weight is 248 g/mol. The molecule has 0 radical (unpaired) electrons. The van der Waals surface area contributed by atoms with E-state index >= 15 is 0 Å². The van der Waals surface area contributed by atoms with E-state index < -0.39 is 5.60 Å². The number of nitrogens with zero attached hydrogens (tertiary/aromatic N) is 2. The highest BCUT2D eigenvalue weighted by Gasteiger charge is 2.28. The molecule has 0 fully saturated rings. The van der Waals surface area contributed by atoms with E-state index in [0.29, 0.717) is 13.1 Å². The van der Waals surface area contributed by atoms with Crippen molar-refractivity contribution in [2.75, 3.05) is 0 Å². The zero-order chi connectivity index (χ0) is 13.3. The van der Waals surface area contributed by atoms with E-state index in [-0.39, 0.29) is 6.09 Å². The second-order valence-electron chi connectivity index (χ2n) is 5.64. The summed E-state index contributed by atoms with van der Waals surface area (Å²) in [5.74, 6) is 0. The van der Waals surface area contributed by atoms with Gasteiger partial charge in [0.15, 0.2) is 0 Å². The maximum atomic E-state index is 12.0. The van der Waals surface area contributed by atoms with Gasteiger partial charge in [-0.25, -0.2) is 4.79 Å². The van der Waals surface area contributed by atoms with Gasteiger partial charge in [0.2, 0.25) is 0 Å². The second kappa shape index (κ2) is 4.59. The van der Waals surface area contributed by atoms with Gasteiger partial charge in [0.05, 0.1) is 18.8 Å². The molecule has 0 unspecified atom stereocenters. The summed E-state index contributed by atoms with van der Waals surface area (Å²) in [5.41, 5.74) is 2.88. The summed E-state index contributed by atoms with van der Waals surface area (Å²) in [6.45, 7) is 8.88. The first-order valence-corrected chi connectivity index (χ1v) is 6.33. The topological polar surface area (TPSA) is 42.4 Å². The first kappa shape index (κ1) is 12.9. The molecule has 2 rings (SSSR count). The molecule has 1 aliphatic rings. The van der Waals surface area contributed by atoms with Gasteiger partial charge in [0.1, 0.15) is 5.60 Å². The van der Waals surface area contributed by atoms with Crippen LogP contribution < -0.4 is 0 Å². The third-order valence-corrected chi connectivity index (χ3v) is 2.88. The standard InChI is InChI=1S/C14H20N2O2/c1-5-10-6-11-8-16(9-12(11)15-7-10)13(17)18-14(2,3)4/h6-7H,5,8-9H2,1-4H3. The van der Waals surface area contributed by atoms with Gasteiger partial charge < -0.3 is 4.74 Å². The molecule has 0 atom stereocenters. The summed E-state index contributed by atoms with van der Waals surface area (Å²) in [6, 6.07) is 2.13. The highest BCUT2D eigenvalue weighted by atomic mass is 16.6. The highest BCUT2D eigenvalue weighted by molar-refractivity contribution is 5.69. The molecule has 1 aliphatic heterocycles. The van der Waals surface area contributed by atoms with Crippen molar-refractivity contribution in [2.45, 2.75) is 52.8 Å². The lowest BCUT2D eigenvalue weighted by Crippen LogP contribution is -2.33. The average Bonchev–Trinajstić information content (AvgIpc) is 2.69. The van der Waals surface area contributed by atoms with Gasteiger partial charge in [0, 0.05) is 6.20 Å². The summed E-state index contributed by atoms with van der Waals surface area (Å²) in [6.07, 6.45) is 2.59. The normalized spacial score (nSPS) is 14.6. The first-order valence-electron chi connectivity index (χ1n) is 6.33.